The quantitative estimate of drug-likeness (QED) is 0.525. The van der Waals surface area contributed by atoms with E-state index in [9.17, 15) is 0 Å². The Kier molecular flexibility index (Phi) is 1.77. The number of thiophene rings is 1. The number of hydrogen-bond acceptors (Lipinski definition) is 2. The van der Waals surface area contributed by atoms with E-state index in [-0.39, 0.29) is 0 Å². The number of rotatable bonds is 1. The minimum Gasteiger partial charge on any atom is -0.151 e. The molecule has 0 fully saturated rings. The molecule has 0 spiro atoms. The van der Waals surface area contributed by atoms with Crippen LogP contribution in [0.5, 0.6) is 0 Å². The van der Waals surface area contributed by atoms with E-state index in [1.54, 1.807) is 11.3 Å². The summed E-state index contributed by atoms with van der Waals surface area (Å²) in [5.41, 5.74) is 0. The lowest BCUT2D eigenvalue weighted by molar-refractivity contribution is 1.61. The van der Waals surface area contributed by atoms with Gasteiger partial charge in [-0.2, -0.15) is 11.3 Å². The normalized spacial score (nSPS) is 9.29. The van der Waals surface area contributed by atoms with Crippen molar-refractivity contribution in [2.75, 3.05) is 0 Å². The second kappa shape index (κ2) is 2.38. The van der Waals surface area contributed by atoms with Gasteiger partial charge in [0.1, 0.15) is 0 Å². The lowest BCUT2D eigenvalue weighted by atomic mass is 10.7. The van der Waals surface area contributed by atoms with E-state index in [1.165, 1.54) is 16.7 Å². The molecule has 0 amide bonds. The summed E-state index contributed by atoms with van der Waals surface area (Å²) < 4.78 is 0. The van der Waals surface area contributed by atoms with Gasteiger partial charge in [0, 0.05) is 16.5 Å². The van der Waals surface area contributed by atoms with Crippen molar-refractivity contribution < 1.29 is 0 Å². The Hall–Kier alpha value is 0.0500. The largest absolute Gasteiger partial charge is 0.151 e. The molecule has 0 saturated carbocycles. The average Bonchev–Trinajstić information content (AvgIpc) is 2.14. The Bertz CT molecular complexity index is 121. The van der Waals surface area contributed by atoms with Gasteiger partial charge in [0.15, 0.2) is 0 Å². The fraction of sp³-hybridized carbons (Fsp3) is 0. The molecular weight excluding hydrogens is 124 g/mol. The Balaban J connectivity index is 2.76. The van der Waals surface area contributed by atoms with Crippen molar-refractivity contribution in [1.82, 2.24) is 0 Å². The van der Waals surface area contributed by atoms with Crippen molar-refractivity contribution in [2.24, 2.45) is 0 Å². The van der Waals surface area contributed by atoms with Gasteiger partial charge >= 0.3 is 0 Å². The van der Waals surface area contributed by atoms with Crippen LogP contribution < -0.4 is 0 Å². The molecule has 2 heteroatoms. The van der Waals surface area contributed by atoms with Gasteiger partial charge in [-0.25, -0.2) is 0 Å². The van der Waals surface area contributed by atoms with Crippen molar-refractivity contribution >= 4 is 23.1 Å². The molecule has 1 aromatic heterocycles. The van der Waals surface area contributed by atoms with E-state index >= 15 is 0 Å². The van der Waals surface area contributed by atoms with E-state index < -0.39 is 0 Å². The molecule has 0 nitrogen and oxygen atoms in total. The summed E-state index contributed by atoms with van der Waals surface area (Å²) in [6.45, 7) is 0. The second-order valence-electron chi connectivity index (χ2n) is 1.10. The zero-order chi connectivity index (χ0) is 5.11. The first kappa shape index (κ1) is 5.19. The first-order valence-corrected chi connectivity index (χ1v) is 3.80. The molecule has 1 heterocycles. The molecule has 1 aromatic rings. The molecule has 1 radical (unpaired) electrons. The van der Waals surface area contributed by atoms with Gasteiger partial charge in [0.25, 0.3) is 0 Å². The van der Waals surface area contributed by atoms with Gasteiger partial charge < -0.3 is 0 Å². The van der Waals surface area contributed by atoms with Gasteiger partial charge in [-0.15, -0.1) is 11.8 Å². The topological polar surface area (TPSA) is 0 Å². The molecule has 0 unspecified atom stereocenters. The standard InChI is InChI=1S/C5H5S2/c1-6-5-2-3-7-4-5/h2-4H,1H2. The fourth-order valence-corrected chi connectivity index (χ4v) is 1.54. The Morgan fingerprint density at radius 1 is 1.71 bits per heavy atom. The van der Waals surface area contributed by atoms with Crippen LogP contribution in [0.3, 0.4) is 0 Å². The summed E-state index contributed by atoms with van der Waals surface area (Å²) in [7, 11) is 0. The van der Waals surface area contributed by atoms with E-state index in [0.717, 1.165) is 0 Å². The van der Waals surface area contributed by atoms with E-state index in [0.29, 0.717) is 0 Å². The van der Waals surface area contributed by atoms with Crippen LogP contribution in [0.4, 0.5) is 0 Å². The van der Waals surface area contributed by atoms with Crippen molar-refractivity contribution in [3.05, 3.63) is 23.1 Å². The molecule has 0 aliphatic heterocycles. The minimum absolute atomic E-state index is 1.25. The van der Waals surface area contributed by atoms with Gasteiger partial charge in [-0.3, -0.25) is 0 Å². The summed E-state index contributed by atoms with van der Waals surface area (Å²) in [4.78, 5) is 1.25. The Morgan fingerprint density at radius 2 is 2.57 bits per heavy atom. The van der Waals surface area contributed by atoms with Crippen LogP contribution in [-0.4, -0.2) is 0 Å². The van der Waals surface area contributed by atoms with Gasteiger partial charge in [0.05, 0.1) is 0 Å². The van der Waals surface area contributed by atoms with Gasteiger partial charge in [-0.1, -0.05) is 0 Å². The molecule has 0 N–H and O–H groups in total. The molecular formula is C5H5S2. The molecule has 0 bridgehead atoms. The van der Waals surface area contributed by atoms with E-state index in [4.69, 9.17) is 0 Å². The van der Waals surface area contributed by atoms with Crippen LogP contribution in [0.1, 0.15) is 0 Å². The first-order valence-electron chi connectivity index (χ1n) is 1.87. The zero-order valence-electron chi connectivity index (χ0n) is 3.76. The predicted molar refractivity (Wildman–Crippen MR) is 35.5 cm³/mol. The van der Waals surface area contributed by atoms with Crippen molar-refractivity contribution in [2.45, 2.75) is 4.90 Å². The van der Waals surface area contributed by atoms with Crippen LogP contribution in [0.15, 0.2) is 21.7 Å². The fourth-order valence-electron chi connectivity index (χ4n) is 0.334. The van der Waals surface area contributed by atoms with Crippen molar-refractivity contribution in [1.29, 1.82) is 0 Å². The zero-order valence-corrected chi connectivity index (χ0v) is 5.39. The lowest BCUT2D eigenvalue weighted by Crippen LogP contribution is -1.47. The third kappa shape index (κ3) is 1.21. The molecule has 0 aliphatic rings. The van der Waals surface area contributed by atoms with E-state index in [1.807, 2.05) is 5.38 Å². The molecule has 37 valence electrons. The predicted octanol–water partition coefficient (Wildman–Crippen LogP) is 2.63. The van der Waals surface area contributed by atoms with E-state index in [2.05, 4.69) is 17.7 Å². The maximum absolute atomic E-state index is 3.65. The Labute approximate surface area is 51.6 Å². The molecule has 0 atom stereocenters. The average molecular weight is 129 g/mol. The lowest BCUT2D eigenvalue weighted by Gasteiger charge is -1.78. The van der Waals surface area contributed by atoms with Crippen LogP contribution in [0, 0.1) is 6.26 Å². The first-order chi connectivity index (χ1) is 3.43. The third-order valence-electron chi connectivity index (χ3n) is 0.662. The van der Waals surface area contributed by atoms with Crippen molar-refractivity contribution in [3.63, 3.8) is 0 Å². The summed E-state index contributed by atoms with van der Waals surface area (Å²) in [5.74, 6) is 0. The third-order valence-corrected chi connectivity index (χ3v) is 2.08. The number of hydrogen-bond donors (Lipinski definition) is 0. The maximum Gasteiger partial charge on any atom is 0.0179 e. The monoisotopic (exact) mass is 129 g/mol. The van der Waals surface area contributed by atoms with Gasteiger partial charge in [0.2, 0.25) is 0 Å². The second-order valence-corrected chi connectivity index (χ2v) is 2.64. The highest BCUT2D eigenvalue weighted by atomic mass is 32.2. The number of thioether (sulfide) groups is 1. The molecule has 7 heavy (non-hydrogen) atoms. The maximum atomic E-state index is 3.65. The molecule has 0 saturated heterocycles. The minimum atomic E-state index is 1.25. The Morgan fingerprint density at radius 3 is 2.86 bits per heavy atom. The van der Waals surface area contributed by atoms with Crippen LogP contribution >= 0.6 is 23.1 Å². The van der Waals surface area contributed by atoms with Crippen LogP contribution in [0.25, 0.3) is 0 Å². The highest BCUT2D eigenvalue weighted by Gasteiger charge is 1.83. The highest BCUT2D eigenvalue weighted by molar-refractivity contribution is 8.00. The summed E-state index contributed by atoms with van der Waals surface area (Å²) in [6, 6.07) is 2.06. The SMILES string of the molecule is [CH2]Sc1ccsc1. The summed E-state index contributed by atoms with van der Waals surface area (Å²) >= 11 is 3.24. The molecule has 0 aliphatic carbocycles. The molecule has 0 aromatic carbocycles. The van der Waals surface area contributed by atoms with Crippen LogP contribution in [-0.2, 0) is 0 Å². The smallest absolute Gasteiger partial charge is 0.0179 e. The molecule has 1 rings (SSSR count). The van der Waals surface area contributed by atoms with Crippen LogP contribution in [0.2, 0.25) is 0 Å². The highest BCUT2D eigenvalue weighted by Crippen LogP contribution is 2.17. The summed E-state index contributed by atoms with van der Waals surface area (Å²) in [6.07, 6.45) is 3.65. The van der Waals surface area contributed by atoms with Crippen molar-refractivity contribution in [3.8, 4) is 0 Å². The van der Waals surface area contributed by atoms with Gasteiger partial charge in [-0.05, 0) is 11.4 Å². The summed E-state index contributed by atoms with van der Waals surface area (Å²) in [5, 5.41) is 4.13.